The Bertz CT molecular complexity index is 386. The Morgan fingerprint density at radius 1 is 1.21 bits per heavy atom. The van der Waals surface area contributed by atoms with Crippen LogP contribution in [0.1, 0.15) is 5.56 Å². The molecule has 1 aromatic carbocycles. The molecule has 0 atom stereocenters. The molecule has 0 saturated carbocycles. The van der Waals surface area contributed by atoms with Gasteiger partial charge in [0, 0.05) is 23.4 Å². The topological polar surface area (TPSA) is 27.6 Å². The number of benzene rings is 1. The second-order valence-corrected chi connectivity index (χ2v) is 3.44. The minimum atomic E-state index is 0.389. The smallest absolute Gasteiger partial charge is 0.145 e. The molecule has 5 heteroatoms. The normalized spacial score (nSPS) is 15.7. The Balaban J connectivity index is 2.31. The fourth-order valence-electron chi connectivity index (χ4n) is 1.10. The molecule has 0 unspecified atom stereocenters. The Morgan fingerprint density at radius 2 is 1.93 bits per heavy atom. The maximum Gasteiger partial charge on any atom is 0.145 e. The van der Waals surface area contributed by atoms with Gasteiger partial charge in [-0.15, -0.1) is 0 Å². The van der Waals surface area contributed by atoms with Crippen LogP contribution < -0.4 is 5.53 Å². The van der Waals surface area contributed by atoms with E-state index in [2.05, 4.69) is 10.6 Å². The molecule has 1 aliphatic rings. The second kappa shape index (κ2) is 3.90. The number of rotatable bonds is 1. The largest absolute Gasteiger partial charge is 0.202 e. The molecule has 0 amide bonds. The number of allylic oxidation sites excluding steroid dienone is 1. The van der Waals surface area contributed by atoms with Gasteiger partial charge in [0.05, 0.1) is 5.71 Å². The number of nitrogens with zero attached hydrogens (tertiary/aromatic N) is 2. The number of hydrogen-bond acceptors (Lipinski definition) is 3. The maximum atomic E-state index is 5.82. The number of hydrogen-bond donors (Lipinski definition) is 1. The maximum absolute atomic E-state index is 5.82. The Labute approximate surface area is 91.7 Å². The molecule has 72 valence electrons. The van der Waals surface area contributed by atoms with Gasteiger partial charge in [0.25, 0.3) is 0 Å². The number of hydrazine groups is 1. The van der Waals surface area contributed by atoms with Crippen molar-refractivity contribution >= 4 is 29.1 Å². The molecule has 1 N–H and O–H groups in total. The lowest BCUT2D eigenvalue weighted by Crippen LogP contribution is -2.28. The molecule has 0 aromatic heterocycles. The van der Waals surface area contributed by atoms with E-state index in [0.717, 1.165) is 15.8 Å². The standard InChI is InChI=1S/C9H7Cl2N3/c10-9-6-8(12-13-14(9)11)7-4-2-1-3-5-7/h1-6,13H. The summed E-state index contributed by atoms with van der Waals surface area (Å²) in [4.78, 5) is 0. The van der Waals surface area contributed by atoms with E-state index in [4.69, 9.17) is 23.4 Å². The number of halogens is 2. The van der Waals surface area contributed by atoms with Crippen LogP contribution in [0.4, 0.5) is 0 Å². The van der Waals surface area contributed by atoms with Crippen LogP contribution in [0.15, 0.2) is 46.7 Å². The number of nitrogens with one attached hydrogen (secondary N) is 1. The van der Waals surface area contributed by atoms with Gasteiger partial charge in [-0.25, -0.2) is 5.53 Å². The molecule has 14 heavy (non-hydrogen) atoms. The average molecular weight is 228 g/mol. The molecule has 0 saturated heterocycles. The summed E-state index contributed by atoms with van der Waals surface area (Å²) in [7, 11) is 0. The summed E-state index contributed by atoms with van der Waals surface area (Å²) >= 11 is 11.5. The van der Waals surface area contributed by atoms with Gasteiger partial charge in [0.15, 0.2) is 0 Å². The van der Waals surface area contributed by atoms with E-state index in [-0.39, 0.29) is 0 Å². The van der Waals surface area contributed by atoms with Gasteiger partial charge >= 0.3 is 0 Å². The van der Waals surface area contributed by atoms with Crippen LogP contribution in [-0.2, 0) is 0 Å². The summed E-state index contributed by atoms with van der Waals surface area (Å²) in [6.07, 6.45) is 1.69. The quantitative estimate of drug-likeness (QED) is 0.590. The molecule has 1 aliphatic heterocycles. The van der Waals surface area contributed by atoms with Crippen molar-refractivity contribution in [1.82, 2.24) is 10.1 Å². The van der Waals surface area contributed by atoms with E-state index in [1.54, 1.807) is 6.08 Å². The van der Waals surface area contributed by atoms with Gasteiger partial charge in [-0.05, 0) is 0 Å². The van der Waals surface area contributed by atoms with E-state index in [1.165, 1.54) is 0 Å². The highest BCUT2D eigenvalue weighted by atomic mass is 35.5. The van der Waals surface area contributed by atoms with Crippen molar-refractivity contribution in [1.29, 1.82) is 0 Å². The predicted molar refractivity (Wildman–Crippen MR) is 57.7 cm³/mol. The van der Waals surface area contributed by atoms with Crippen molar-refractivity contribution in [2.75, 3.05) is 0 Å². The molecule has 0 aliphatic carbocycles. The third-order valence-corrected chi connectivity index (χ3v) is 2.39. The monoisotopic (exact) mass is 227 g/mol. The number of hydrazone groups is 1. The summed E-state index contributed by atoms with van der Waals surface area (Å²) in [5.41, 5.74) is 4.31. The predicted octanol–water partition coefficient (Wildman–Crippen LogP) is 2.44. The zero-order valence-electron chi connectivity index (χ0n) is 7.11. The lowest BCUT2D eigenvalue weighted by molar-refractivity contribution is 0.438. The SMILES string of the molecule is ClC1=CC(c2ccccc2)=NNN1Cl. The fourth-order valence-corrected chi connectivity index (χ4v) is 1.33. The minimum Gasteiger partial charge on any atom is -0.202 e. The third kappa shape index (κ3) is 1.84. The zero-order chi connectivity index (χ0) is 9.97. The summed E-state index contributed by atoms with van der Waals surface area (Å²) in [5.74, 6) is 0. The first kappa shape index (κ1) is 9.37. The van der Waals surface area contributed by atoms with Crippen molar-refractivity contribution in [2.45, 2.75) is 0 Å². The van der Waals surface area contributed by atoms with Crippen LogP contribution in [0.5, 0.6) is 0 Å². The van der Waals surface area contributed by atoms with Crippen molar-refractivity contribution in [3.05, 3.63) is 47.1 Å². The van der Waals surface area contributed by atoms with E-state index in [0.29, 0.717) is 5.16 Å². The molecule has 2 rings (SSSR count). The van der Waals surface area contributed by atoms with Crippen molar-refractivity contribution in [3.8, 4) is 0 Å². The van der Waals surface area contributed by atoms with Crippen molar-refractivity contribution < 1.29 is 0 Å². The van der Waals surface area contributed by atoms with Crippen LogP contribution in [0.2, 0.25) is 0 Å². The van der Waals surface area contributed by atoms with Gasteiger partial charge in [-0.1, -0.05) is 41.9 Å². The van der Waals surface area contributed by atoms with E-state index < -0.39 is 0 Å². The molecule has 0 spiro atoms. The zero-order valence-corrected chi connectivity index (χ0v) is 8.63. The van der Waals surface area contributed by atoms with Crippen LogP contribution >= 0.6 is 23.4 Å². The molecule has 0 radical (unpaired) electrons. The molecular formula is C9H7Cl2N3. The van der Waals surface area contributed by atoms with Crippen molar-refractivity contribution in [3.63, 3.8) is 0 Å². The van der Waals surface area contributed by atoms with Crippen LogP contribution in [0.25, 0.3) is 0 Å². The van der Waals surface area contributed by atoms with E-state index in [9.17, 15) is 0 Å². The highest BCUT2D eigenvalue weighted by molar-refractivity contribution is 6.35. The van der Waals surface area contributed by atoms with E-state index in [1.807, 2.05) is 30.3 Å². The van der Waals surface area contributed by atoms with Gasteiger partial charge in [-0.2, -0.15) is 9.63 Å². The highest BCUT2D eigenvalue weighted by Crippen LogP contribution is 2.16. The molecular weight excluding hydrogens is 221 g/mol. The van der Waals surface area contributed by atoms with Crippen molar-refractivity contribution in [2.24, 2.45) is 5.10 Å². The van der Waals surface area contributed by atoms with Crippen LogP contribution in [0, 0.1) is 0 Å². The summed E-state index contributed by atoms with van der Waals surface area (Å²) in [6, 6.07) is 9.72. The molecule has 1 heterocycles. The third-order valence-electron chi connectivity index (χ3n) is 1.77. The molecule has 0 fully saturated rings. The molecule has 1 aromatic rings. The summed E-state index contributed by atoms with van der Waals surface area (Å²) in [6.45, 7) is 0. The first-order chi connectivity index (χ1) is 6.77. The first-order valence-electron chi connectivity index (χ1n) is 3.99. The fraction of sp³-hybridized carbons (Fsp3) is 0. The lowest BCUT2D eigenvalue weighted by Gasteiger charge is -2.18. The second-order valence-electron chi connectivity index (χ2n) is 2.71. The Hall–Kier alpha value is -1.19. The van der Waals surface area contributed by atoms with Gasteiger partial charge < -0.3 is 0 Å². The van der Waals surface area contributed by atoms with Gasteiger partial charge in [0.2, 0.25) is 0 Å². The summed E-state index contributed by atoms with van der Waals surface area (Å²) < 4.78 is 1.12. The molecule has 0 bridgehead atoms. The Morgan fingerprint density at radius 3 is 2.57 bits per heavy atom. The van der Waals surface area contributed by atoms with Crippen LogP contribution in [-0.4, -0.2) is 10.2 Å². The summed E-state index contributed by atoms with van der Waals surface area (Å²) in [5, 5.41) is 4.42. The van der Waals surface area contributed by atoms with Gasteiger partial charge in [-0.3, -0.25) is 0 Å². The Kier molecular flexibility index (Phi) is 2.61. The molecule has 3 nitrogen and oxygen atoms in total. The first-order valence-corrected chi connectivity index (χ1v) is 4.71. The lowest BCUT2D eigenvalue weighted by atomic mass is 10.1. The minimum absolute atomic E-state index is 0.389. The van der Waals surface area contributed by atoms with E-state index >= 15 is 0 Å². The highest BCUT2D eigenvalue weighted by Gasteiger charge is 2.11. The average Bonchev–Trinajstić information content (AvgIpc) is 2.23. The van der Waals surface area contributed by atoms with Crippen LogP contribution in [0.3, 0.4) is 0 Å². The van der Waals surface area contributed by atoms with Gasteiger partial charge in [0.1, 0.15) is 5.16 Å².